The summed E-state index contributed by atoms with van der Waals surface area (Å²) in [6.07, 6.45) is 4.96. The lowest BCUT2D eigenvalue weighted by atomic mass is 10.2. The topological polar surface area (TPSA) is 63.6 Å². The number of hydrazone groups is 1. The smallest absolute Gasteiger partial charge is 0.253 e. The van der Waals surface area contributed by atoms with Gasteiger partial charge in [0.1, 0.15) is 12.4 Å². The number of nitrogens with zero attached hydrogens (tertiary/aromatic N) is 2. The molecular weight excluding hydrogens is 322 g/mol. The molecule has 1 aromatic heterocycles. The number of hydrogen-bond donors (Lipinski definition) is 1. The van der Waals surface area contributed by atoms with Gasteiger partial charge in [0.2, 0.25) is 0 Å². The van der Waals surface area contributed by atoms with Gasteiger partial charge in [-0.25, -0.2) is 10.4 Å². The molecule has 6 heteroatoms. The number of hydrogen-bond acceptors (Lipinski definition) is 5. The third-order valence-electron chi connectivity index (χ3n) is 2.92. The van der Waals surface area contributed by atoms with E-state index in [4.69, 9.17) is 4.74 Å². The molecule has 5 nitrogen and oxygen atoms in total. The highest BCUT2D eigenvalue weighted by Crippen LogP contribution is 2.20. The maximum Gasteiger partial charge on any atom is 0.253 e. The Labute approximate surface area is 145 Å². The van der Waals surface area contributed by atoms with Crippen LogP contribution in [0, 0.1) is 0 Å². The van der Waals surface area contributed by atoms with E-state index in [1.165, 1.54) is 11.8 Å². The van der Waals surface area contributed by atoms with E-state index in [2.05, 4.69) is 22.1 Å². The predicted octanol–water partition coefficient (Wildman–Crippen LogP) is 3.28. The Kier molecular flexibility index (Phi) is 7.04. The van der Waals surface area contributed by atoms with E-state index < -0.39 is 0 Å². The van der Waals surface area contributed by atoms with Crippen molar-refractivity contribution in [1.82, 2.24) is 10.4 Å². The molecule has 124 valence electrons. The Balaban J connectivity index is 1.86. The van der Waals surface area contributed by atoms with E-state index in [0.717, 1.165) is 16.3 Å². The van der Waals surface area contributed by atoms with Crippen LogP contribution >= 0.6 is 11.8 Å². The Bertz CT molecular complexity index is 704. The summed E-state index contributed by atoms with van der Waals surface area (Å²) in [5.41, 5.74) is 3.37. The van der Waals surface area contributed by atoms with Gasteiger partial charge in [0.25, 0.3) is 5.91 Å². The van der Waals surface area contributed by atoms with Crippen molar-refractivity contribution in [1.29, 1.82) is 0 Å². The molecule has 1 unspecified atom stereocenters. The molecule has 0 aliphatic carbocycles. The molecule has 1 N–H and O–H groups in total. The predicted molar refractivity (Wildman–Crippen MR) is 97.4 cm³/mol. The zero-order chi connectivity index (χ0) is 17.2. The molecule has 0 saturated heterocycles. The number of carbonyl (C=O) groups excluding carboxylic acids is 1. The SMILES string of the molecule is C=CCOc1cccc(C=NNC(=O)C(C)Sc2ccccn2)c1. The van der Waals surface area contributed by atoms with E-state index in [1.807, 2.05) is 49.4 Å². The van der Waals surface area contributed by atoms with Crippen LogP contribution in [-0.4, -0.2) is 29.0 Å². The fourth-order valence-corrected chi connectivity index (χ4v) is 2.55. The molecule has 2 aromatic rings. The van der Waals surface area contributed by atoms with Gasteiger partial charge in [0.05, 0.1) is 16.5 Å². The fourth-order valence-electron chi connectivity index (χ4n) is 1.75. The lowest BCUT2D eigenvalue weighted by Crippen LogP contribution is -2.26. The number of rotatable bonds is 8. The molecule has 0 saturated carbocycles. The number of benzene rings is 1. The van der Waals surface area contributed by atoms with Crippen molar-refractivity contribution in [3.63, 3.8) is 0 Å². The summed E-state index contributed by atoms with van der Waals surface area (Å²) in [7, 11) is 0. The Morgan fingerprint density at radius 3 is 3.04 bits per heavy atom. The van der Waals surface area contributed by atoms with Crippen molar-refractivity contribution in [2.45, 2.75) is 17.2 Å². The van der Waals surface area contributed by atoms with Crippen LogP contribution < -0.4 is 10.2 Å². The van der Waals surface area contributed by atoms with Crippen LogP contribution in [0.15, 0.2) is 71.4 Å². The second kappa shape index (κ2) is 9.52. The molecule has 1 atom stereocenters. The van der Waals surface area contributed by atoms with E-state index in [0.29, 0.717) is 6.61 Å². The van der Waals surface area contributed by atoms with Crippen molar-refractivity contribution in [2.75, 3.05) is 6.61 Å². The molecule has 0 bridgehead atoms. The van der Waals surface area contributed by atoms with Crippen LogP contribution in [-0.2, 0) is 4.79 Å². The van der Waals surface area contributed by atoms with Gasteiger partial charge in [-0.15, -0.1) is 0 Å². The lowest BCUT2D eigenvalue weighted by Gasteiger charge is -2.08. The monoisotopic (exact) mass is 341 g/mol. The first-order valence-electron chi connectivity index (χ1n) is 7.43. The molecule has 0 fully saturated rings. The zero-order valence-electron chi connectivity index (χ0n) is 13.4. The summed E-state index contributed by atoms with van der Waals surface area (Å²) in [4.78, 5) is 16.2. The molecule has 0 radical (unpaired) electrons. The van der Waals surface area contributed by atoms with E-state index >= 15 is 0 Å². The molecule has 24 heavy (non-hydrogen) atoms. The number of ether oxygens (including phenoxy) is 1. The molecular formula is C18H19N3O2S. The first-order valence-corrected chi connectivity index (χ1v) is 8.31. The first-order chi connectivity index (χ1) is 11.7. The number of thioether (sulfide) groups is 1. The van der Waals surface area contributed by atoms with E-state index in [1.54, 1.807) is 18.5 Å². The maximum absolute atomic E-state index is 12.0. The largest absolute Gasteiger partial charge is 0.490 e. The van der Waals surface area contributed by atoms with Crippen molar-refractivity contribution < 1.29 is 9.53 Å². The van der Waals surface area contributed by atoms with Gasteiger partial charge in [-0.1, -0.05) is 42.6 Å². The van der Waals surface area contributed by atoms with Crippen molar-refractivity contribution in [3.05, 3.63) is 66.9 Å². The summed E-state index contributed by atoms with van der Waals surface area (Å²) in [6, 6.07) is 13.0. The minimum absolute atomic E-state index is 0.180. The minimum Gasteiger partial charge on any atom is -0.490 e. The second-order valence-electron chi connectivity index (χ2n) is 4.83. The molecule has 0 aliphatic rings. The highest BCUT2D eigenvalue weighted by Gasteiger charge is 2.13. The molecule has 2 rings (SSSR count). The molecule has 1 amide bonds. The number of pyridine rings is 1. The highest BCUT2D eigenvalue weighted by molar-refractivity contribution is 8.00. The van der Waals surface area contributed by atoms with Crippen molar-refractivity contribution in [3.8, 4) is 5.75 Å². The van der Waals surface area contributed by atoms with Crippen LogP contribution in [0.2, 0.25) is 0 Å². The van der Waals surface area contributed by atoms with Gasteiger partial charge >= 0.3 is 0 Å². The van der Waals surface area contributed by atoms with Gasteiger partial charge in [0, 0.05) is 6.20 Å². The Morgan fingerprint density at radius 1 is 1.42 bits per heavy atom. The van der Waals surface area contributed by atoms with Gasteiger partial charge in [-0.2, -0.15) is 5.10 Å². The van der Waals surface area contributed by atoms with Crippen LogP contribution in [0.5, 0.6) is 5.75 Å². The summed E-state index contributed by atoms with van der Waals surface area (Å²) in [5.74, 6) is 0.546. The fraction of sp³-hybridized carbons (Fsp3) is 0.167. The van der Waals surface area contributed by atoms with Gasteiger partial charge in [0.15, 0.2) is 0 Å². The number of aromatic nitrogens is 1. The Hall–Kier alpha value is -2.60. The molecule has 1 heterocycles. The van der Waals surface area contributed by atoms with Gasteiger partial charge < -0.3 is 4.74 Å². The number of nitrogens with one attached hydrogen (secondary N) is 1. The zero-order valence-corrected chi connectivity index (χ0v) is 14.2. The summed E-state index contributed by atoms with van der Waals surface area (Å²) in [5, 5.41) is 4.50. The number of amides is 1. The number of carbonyl (C=O) groups is 1. The van der Waals surface area contributed by atoms with Crippen molar-refractivity contribution in [2.24, 2.45) is 5.10 Å². The third kappa shape index (κ3) is 5.89. The quantitative estimate of drug-likeness (QED) is 0.346. The normalized spacial score (nSPS) is 11.9. The van der Waals surface area contributed by atoms with E-state index in [-0.39, 0.29) is 11.2 Å². The molecule has 1 aromatic carbocycles. The second-order valence-corrected chi connectivity index (χ2v) is 6.20. The third-order valence-corrected chi connectivity index (χ3v) is 3.97. The minimum atomic E-state index is -0.292. The summed E-state index contributed by atoms with van der Waals surface area (Å²) in [6.45, 7) is 5.87. The average Bonchev–Trinajstić information content (AvgIpc) is 2.61. The molecule has 0 spiro atoms. The lowest BCUT2D eigenvalue weighted by molar-refractivity contribution is -0.120. The standard InChI is InChI=1S/C18H19N3O2S/c1-3-11-23-16-8-6-7-15(12-16)13-20-21-18(22)14(2)24-17-9-4-5-10-19-17/h3-10,12-14H,1,11H2,2H3,(H,21,22). The Morgan fingerprint density at radius 2 is 2.29 bits per heavy atom. The van der Waals surface area contributed by atoms with Gasteiger partial charge in [-0.3, -0.25) is 4.79 Å². The van der Waals surface area contributed by atoms with Crippen molar-refractivity contribution >= 4 is 23.9 Å². The average molecular weight is 341 g/mol. The van der Waals surface area contributed by atoms with Crippen LogP contribution in [0.4, 0.5) is 0 Å². The van der Waals surface area contributed by atoms with Crippen LogP contribution in [0.1, 0.15) is 12.5 Å². The summed E-state index contributed by atoms with van der Waals surface area (Å²) >= 11 is 1.38. The van der Waals surface area contributed by atoms with Crippen LogP contribution in [0.3, 0.4) is 0 Å². The highest BCUT2D eigenvalue weighted by atomic mass is 32.2. The summed E-state index contributed by atoms with van der Waals surface area (Å²) < 4.78 is 5.45. The van der Waals surface area contributed by atoms with Gasteiger partial charge in [-0.05, 0) is 36.8 Å². The molecule has 0 aliphatic heterocycles. The van der Waals surface area contributed by atoms with E-state index in [9.17, 15) is 4.79 Å². The van der Waals surface area contributed by atoms with Crippen LogP contribution in [0.25, 0.3) is 0 Å². The maximum atomic E-state index is 12.0. The first kappa shape index (κ1) is 17.7.